The topological polar surface area (TPSA) is 24.9 Å². The molecule has 19 heavy (non-hydrogen) atoms. The molecular weight excluding hydrogens is 253 g/mol. The first-order valence-electron chi connectivity index (χ1n) is 5.83. The number of nitrogens with zero attached hydrogens (tertiary/aromatic N) is 1. The van der Waals surface area contributed by atoms with Gasteiger partial charge < -0.3 is 5.32 Å². The van der Waals surface area contributed by atoms with Gasteiger partial charge in [-0.25, -0.2) is 13.2 Å². The lowest BCUT2D eigenvalue weighted by atomic mass is 10.0. The molecule has 0 bridgehead atoms. The molecule has 5 heteroatoms. The van der Waals surface area contributed by atoms with Gasteiger partial charge in [-0.2, -0.15) is 0 Å². The van der Waals surface area contributed by atoms with Crippen LogP contribution >= 0.6 is 0 Å². The van der Waals surface area contributed by atoms with Gasteiger partial charge in [0.15, 0.2) is 0 Å². The molecule has 0 amide bonds. The molecule has 0 radical (unpaired) electrons. The Morgan fingerprint density at radius 1 is 1.11 bits per heavy atom. The molecule has 0 saturated carbocycles. The Morgan fingerprint density at radius 2 is 1.79 bits per heavy atom. The van der Waals surface area contributed by atoms with Crippen LogP contribution in [0.3, 0.4) is 0 Å². The SMILES string of the molecule is CNC(Cc1c(F)cccc1F)c1ccc(F)cn1. The number of aromatic nitrogens is 1. The number of benzene rings is 1. The maximum Gasteiger partial charge on any atom is 0.141 e. The predicted molar refractivity (Wildman–Crippen MR) is 66.1 cm³/mol. The molecule has 0 spiro atoms. The van der Waals surface area contributed by atoms with E-state index in [-0.39, 0.29) is 18.0 Å². The summed E-state index contributed by atoms with van der Waals surface area (Å²) in [7, 11) is 1.66. The molecule has 2 rings (SSSR count). The van der Waals surface area contributed by atoms with Crippen molar-refractivity contribution in [1.82, 2.24) is 10.3 Å². The van der Waals surface area contributed by atoms with Crippen LogP contribution in [-0.2, 0) is 6.42 Å². The van der Waals surface area contributed by atoms with Crippen molar-refractivity contribution in [2.45, 2.75) is 12.5 Å². The van der Waals surface area contributed by atoms with Gasteiger partial charge in [0.05, 0.1) is 17.9 Å². The van der Waals surface area contributed by atoms with Crippen LogP contribution in [0.5, 0.6) is 0 Å². The molecule has 0 aliphatic carbocycles. The highest BCUT2D eigenvalue weighted by atomic mass is 19.1. The van der Waals surface area contributed by atoms with Crippen LogP contribution in [0.1, 0.15) is 17.3 Å². The third kappa shape index (κ3) is 3.12. The van der Waals surface area contributed by atoms with Crippen LogP contribution in [-0.4, -0.2) is 12.0 Å². The van der Waals surface area contributed by atoms with Crippen LogP contribution in [0.4, 0.5) is 13.2 Å². The number of likely N-dealkylation sites (N-methyl/N-ethyl adjacent to an activating group) is 1. The number of hydrogen-bond acceptors (Lipinski definition) is 2. The number of rotatable bonds is 4. The van der Waals surface area contributed by atoms with E-state index in [4.69, 9.17) is 0 Å². The number of halogens is 3. The molecule has 1 aromatic heterocycles. The first-order chi connectivity index (χ1) is 9.11. The van der Waals surface area contributed by atoms with E-state index in [0.717, 1.165) is 6.20 Å². The molecule has 1 unspecified atom stereocenters. The Hall–Kier alpha value is -1.88. The van der Waals surface area contributed by atoms with Crippen molar-refractivity contribution < 1.29 is 13.2 Å². The van der Waals surface area contributed by atoms with Crippen LogP contribution in [0.2, 0.25) is 0 Å². The molecule has 1 aromatic carbocycles. The minimum Gasteiger partial charge on any atom is -0.311 e. The molecule has 1 N–H and O–H groups in total. The van der Waals surface area contributed by atoms with Crippen LogP contribution in [0, 0.1) is 17.5 Å². The number of hydrogen-bond donors (Lipinski definition) is 1. The second-order valence-corrected chi connectivity index (χ2v) is 4.15. The van der Waals surface area contributed by atoms with Crippen LogP contribution in [0.15, 0.2) is 36.5 Å². The quantitative estimate of drug-likeness (QED) is 0.920. The molecule has 0 aliphatic heterocycles. The summed E-state index contributed by atoms with van der Waals surface area (Å²) in [5.41, 5.74) is 0.527. The fraction of sp³-hybridized carbons (Fsp3) is 0.214. The molecule has 1 heterocycles. The molecule has 0 saturated heterocycles. The highest BCUT2D eigenvalue weighted by Gasteiger charge is 2.17. The Balaban J connectivity index is 2.26. The Morgan fingerprint density at radius 3 is 2.32 bits per heavy atom. The van der Waals surface area contributed by atoms with E-state index in [1.165, 1.54) is 30.3 Å². The monoisotopic (exact) mass is 266 g/mol. The predicted octanol–water partition coefficient (Wildman–Crippen LogP) is 3.00. The van der Waals surface area contributed by atoms with Gasteiger partial charge in [0, 0.05) is 5.56 Å². The molecule has 2 aromatic rings. The lowest BCUT2D eigenvalue weighted by Gasteiger charge is -2.16. The maximum atomic E-state index is 13.6. The first kappa shape index (κ1) is 13.5. The summed E-state index contributed by atoms with van der Waals surface area (Å²) in [6.07, 6.45) is 1.19. The normalized spacial score (nSPS) is 12.4. The fourth-order valence-corrected chi connectivity index (χ4v) is 1.88. The van der Waals surface area contributed by atoms with Gasteiger partial charge in [0.2, 0.25) is 0 Å². The second kappa shape index (κ2) is 5.84. The zero-order valence-electron chi connectivity index (χ0n) is 10.3. The Bertz CT molecular complexity index is 535. The average Bonchev–Trinajstić information content (AvgIpc) is 2.40. The zero-order valence-corrected chi connectivity index (χ0v) is 10.3. The second-order valence-electron chi connectivity index (χ2n) is 4.15. The maximum absolute atomic E-state index is 13.6. The van der Waals surface area contributed by atoms with E-state index in [1.54, 1.807) is 7.05 Å². The number of nitrogens with one attached hydrogen (secondary N) is 1. The summed E-state index contributed by atoms with van der Waals surface area (Å²) in [6.45, 7) is 0. The van der Waals surface area contributed by atoms with E-state index in [1.807, 2.05) is 0 Å². The van der Waals surface area contributed by atoms with Crippen molar-refractivity contribution in [2.75, 3.05) is 7.05 Å². The van der Waals surface area contributed by atoms with Gasteiger partial charge in [-0.15, -0.1) is 0 Å². The summed E-state index contributed by atoms with van der Waals surface area (Å²) in [5.74, 6) is -1.64. The highest BCUT2D eigenvalue weighted by molar-refractivity contribution is 5.23. The standard InChI is InChI=1S/C14H13F3N2/c1-18-14(13-6-5-9(15)8-19-13)7-10-11(16)3-2-4-12(10)17/h2-6,8,14,18H,7H2,1H3. The third-order valence-electron chi connectivity index (χ3n) is 2.93. The summed E-state index contributed by atoms with van der Waals surface area (Å²) >= 11 is 0. The highest BCUT2D eigenvalue weighted by Crippen LogP contribution is 2.21. The fourth-order valence-electron chi connectivity index (χ4n) is 1.88. The summed E-state index contributed by atoms with van der Waals surface area (Å²) in [4.78, 5) is 3.92. The number of pyridine rings is 1. The van der Waals surface area contributed by atoms with E-state index < -0.39 is 17.5 Å². The molecule has 0 aliphatic rings. The smallest absolute Gasteiger partial charge is 0.141 e. The minimum absolute atomic E-state index is 0.00650. The molecular formula is C14H13F3N2. The van der Waals surface area contributed by atoms with E-state index >= 15 is 0 Å². The zero-order chi connectivity index (χ0) is 13.8. The summed E-state index contributed by atoms with van der Waals surface area (Å²) in [5, 5.41) is 2.92. The van der Waals surface area contributed by atoms with Crippen LogP contribution in [0.25, 0.3) is 0 Å². The molecule has 1 atom stereocenters. The van der Waals surface area contributed by atoms with E-state index in [9.17, 15) is 13.2 Å². The van der Waals surface area contributed by atoms with Crippen molar-refractivity contribution in [1.29, 1.82) is 0 Å². The Kier molecular flexibility index (Phi) is 4.16. The van der Waals surface area contributed by atoms with Gasteiger partial charge in [0.1, 0.15) is 17.5 Å². The van der Waals surface area contributed by atoms with Crippen molar-refractivity contribution >= 4 is 0 Å². The minimum atomic E-state index is -0.595. The van der Waals surface area contributed by atoms with Crippen molar-refractivity contribution in [3.63, 3.8) is 0 Å². The van der Waals surface area contributed by atoms with Crippen molar-refractivity contribution in [2.24, 2.45) is 0 Å². The lowest BCUT2D eigenvalue weighted by Crippen LogP contribution is -2.21. The van der Waals surface area contributed by atoms with E-state index in [0.29, 0.717) is 5.69 Å². The third-order valence-corrected chi connectivity index (χ3v) is 2.93. The lowest BCUT2D eigenvalue weighted by molar-refractivity contribution is 0.507. The molecule has 2 nitrogen and oxygen atoms in total. The molecule has 0 fully saturated rings. The van der Waals surface area contributed by atoms with Gasteiger partial charge in [-0.1, -0.05) is 6.07 Å². The van der Waals surface area contributed by atoms with Gasteiger partial charge in [0.25, 0.3) is 0 Å². The van der Waals surface area contributed by atoms with Gasteiger partial charge in [-0.05, 0) is 37.7 Å². The van der Waals surface area contributed by atoms with Gasteiger partial charge in [-0.3, -0.25) is 4.98 Å². The largest absolute Gasteiger partial charge is 0.311 e. The van der Waals surface area contributed by atoms with Gasteiger partial charge >= 0.3 is 0 Å². The summed E-state index contributed by atoms with van der Waals surface area (Å²) < 4.78 is 40.0. The average molecular weight is 266 g/mol. The summed E-state index contributed by atoms with van der Waals surface area (Å²) in [6, 6.07) is 6.12. The molecule has 100 valence electrons. The van der Waals surface area contributed by atoms with E-state index in [2.05, 4.69) is 10.3 Å². The van der Waals surface area contributed by atoms with Crippen molar-refractivity contribution in [3.8, 4) is 0 Å². The van der Waals surface area contributed by atoms with Crippen LogP contribution < -0.4 is 5.32 Å². The Labute approximate surface area is 109 Å². The van der Waals surface area contributed by atoms with Crippen molar-refractivity contribution in [3.05, 3.63) is 65.2 Å². The first-order valence-corrected chi connectivity index (χ1v) is 5.83.